The highest BCUT2D eigenvalue weighted by molar-refractivity contribution is 5.31. The molecule has 0 radical (unpaired) electrons. The van der Waals surface area contributed by atoms with Crippen molar-refractivity contribution in [3.63, 3.8) is 0 Å². The van der Waals surface area contributed by atoms with E-state index in [1.165, 1.54) is 0 Å². The van der Waals surface area contributed by atoms with Crippen LogP contribution >= 0.6 is 0 Å². The van der Waals surface area contributed by atoms with Gasteiger partial charge in [-0.15, -0.1) is 0 Å². The van der Waals surface area contributed by atoms with Crippen LogP contribution in [0.15, 0.2) is 12.4 Å². The molecule has 0 saturated heterocycles. The first kappa shape index (κ1) is 6.67. The van der Waals surface area contributed by atoms with E-state index in [0.29, 0.717) is 12.1 Å². The van der Waals surface area contributed by atoms with Crippen molar-refractivity contribution in [3.8, 4) is 0 Å². The number of nitrogens with one attached hydrogen (secondary N) is 1. The maximum atomic E-state index is 5.63. The van der Waals surface area contributed by atoms with Crippen molar-refractivity contribution in [2.24, 2.45) is 12.8 Å². The summed E-state index contributed by atoms with van der Waals surface area (Å²) in [6.45, 7) is 0. The Morgan fingerprint density at radius 1 is 1.82 bits per heavy atom. The zero-order valence-electron chi connectivity index (χ0n) is 6.49. The van der Waals surface area contributed by atoms with Crippen LogP contribution in [0.25, 0.3) is 0 Å². The lowest BCUT2D eigenvalue weighted by Gasteiger charge is -2.02. The van der Waals surface area contributed by atoms with Crippen LogP contribution in [0.1, 0.15) is 6.42 Å². The molecule has 11 heavy (non-hydrogen) atoms. The van der Waals surface area contributed by atoms with Crippen LogP contribution in [-0.4, -0.2) is 21.6 Å². The van der Waals surface area contributed by atoms with Crippen LogP contribution in [0.2, 0.25) is 0 Å². The molecule has 1 aliphatic carbocycles. The third-order valence-corrected chi connectivity index (χ3v) is 1.98. The SMILES string of the molecule is Cn1ccnc1NC1CC1N. The molecule has 0 aromatic carbocycles. The van der Waals surface area contributed by atoms with E-state index in [4.69, 9.17) is 5.73 Å². The molecule has 1 aromatic heterocycles. The zero-order valence-corrected chi connectivity index (χ0v) is 6.49. The summed E-state index contributed by atoms with van der Waals surface area (Å²) in [5.74, 6) is 0.906. The topological polar surface area (TPSA) is 55.9 Å². The second-order valence-corrected chi connectivity index (χ2v) is 3.01. The van der Waals surface area contributed by atoms with Gasteiger partial charge in [0.2, 0.25) is 5.95 Å². The predicted molar refractivity (Wildman–Crippen MR) is 43.2 cm³/mol. The molecule has 1 aliphatic rings. The van der Waals surface area contributed by atoms with Crippen LogP contribution in [-0.2, 0) is 7.05 Å². The molecule has 0 spiro atoms. The maximum absolute atomic E-state index is 5.63. The summed E-state index contributed by atoms with van der Waals surface area (Å²) in [7, 11) is 1.96. The maximum Gasteiger partial charge on any atom is 0.202 e. The molecule has 1 fully saturated rings. The molecule has 0 amide bonds. The third kappa shape index (κ3) is 1.21. The Hall–Kier alpha value is -1.03. The lowest BCUT2D eigenvalue weighted by molar-refractivity contribution is 0.887. The highest BCUT2D eigenvalue weighted by atomic mass is 15.2. The highest BCUT2D eigenvalue weighted by Gasteiger charge is 2.33. The molecule has 1 saturated carbocycles. The lowest BCUT2D eigenvalue weighted by atomic mass is 10.6. The van der Waals surface area contributed by atoms with Gasteiger partial charge < -0.3 is 15.6 Å². The fourth-order valence-electron chi connectivity index (χ4n) is 1.05. The number of anilines is 1. The molecule has 0 aliphatic heterocycles. The molecule has 1 heterocycles. The van der Waals surface area contributed by atoms with E-state index in [1.54, 1.807) is 6.20 Å². The molecule has 2 rings (SSSR count). The zero-order chi connectivity index (χ0) is 7.84. The molecule has 4 heteroatoms. The van der Waals surface area contributed by atoms with Crippen LogP contribution < -0.4 is 11.1 Å². The first-order valence-corrected chi connectivity index (χ1v) is 3.77. The Balaban J connectivity index is 2.01. The Bertz CT molecular complexity index is 255. The van der Waals surface area contributed by atoms with E-state index in [9.17, 15) is 0 Å². The van der Waals surface area contributed by atoms with Gasteiger partial charge in [0.25, 0.3) is 0 Å². The van der Waals surface area contributed by atoms with Crippen LogP contribution in [0.3, 0.4) is 0 Å². The fraction of sp³-hybridized carbons (Fsp3) is 0.571. The monoisotopic (exact) mass is 152 g/mol. The van der Waals surface area contributed by atoms with Crippen molar-refractivity contribution in [2.45, 2.75) is 18.5 Å². The number of nitrogens with zero attached hydrogens (tertiary/aromatic N) is 2. The van der Waals surface area contributed by atoms with Crippen molar-refractivity contribution >= 4 is 5.95 Å². The van der Waals surface area contributed by atoms with Gasteiger partial charge >= 0.3 is 0 Å². The first-order valence-electron chi connectivity index (χ1n) is 3.77. The molecular weight excluding hydrogens is 140 g/mol. The van der Waals surface area contributed by atoms with Gasteiger partial charge in [0.1, 0.15) is 0 Å². The molecule has 60 valence electrons. The van der Waals surface area contributed by atoms with Gasteiger partial charge in [0, 0.05) is 31.5 Å². The fourth-order valence-corrected chi connectivity index (χ4v) is 1.05. The quantitative estimate of drug-likeness (QED) is 0.623. The van der Waals surface area contributed by atoms with Crippen molar-refractivity contribution in [3.05, 3.63) is 12.4 Å². The van der Waals surface area contributed by atoms with Gasteiger partial charge in [-0.05, 0) is 6.42 Å². The summed E-state index contributed by atoms with van der Waals surface area (Å²) in [6.07, 6.45) is 4.75. The molecule has 1 aromatic rings. The Labute approximate surface area is 65.4 Å². The van der Waals surface area contributed by atoms with Gasteiger partial charge in [-0.2, -0.15) is 0 Å². The smallest absolute Gasteiger partial charge is 0.202 e. The number of hydrogen-bond donors (Lipinski definition) is 2. The van der Waals surface area contributed by atoms with Crippen LogP contribution in [0.5, 0.6) is 0 Å². The molecule has 4 nitrogen and oxygen atoms in total. The molecule has 0 bridgehead atoms. The standard InChI is InChI=1S/C7H12N4/c1-11-3-2-9-7(11)10-6-4-5(6)8/h2-3,5-6H,4,8H2,1H3,(H,9,10). The second-order valence-electron chi connectivity index (χ2n) is 3.01. The second kappa shape index (κ2) is 2.23. The van der Waals surface area contributed by atoms with Crippen LogP contribution in [0, 0.1) is 0 Å². The molecular formula is C7H12N4. The van der Waals surface area contributed by atoms with E-state index in [2.05, 4.69) is 10.3 Å². The summed E-state index contributed by atoms with van der Waals surface area (Å²) >= 11 is 0. The van der Waals surface area contributed by atoms with E-state index in [1.807, 2.05) is 17.8 Å². The molecule has 2 unspecified atom stereocenters. The average Bonchev–Trinajstić information content (AvgIpc) is 2.48. The van der Waals surface area contributed by atoms with Gasteiger partial charge in [0.05, 0.1) is 0 Å². The minimum absolute atomic E-state index is 0.326. The number of nitrogens with two attached hydrogens (primary N) is 1. The predicted octanol–water partition coefficient (Wildman–Crippen LogP) is -0.0684. The largest absolute Gasteiger partial charge is 0.351 e. The molecule has 3 N–H and O–H groups in total. The van der Waals surface area contributed by atoms with Crippen molar-refractivity contribution in [2.75, 3.05) is 5.32 Å². The Morgan fingerprint density at radius 3 is 3.00 bits per heavy atom. The summed E-state index contributed by atoms with van der Waals surface area (Å²) in [5.41, 5.74) is 5.63. The average molecular weight is 152 g/mol. The number of aryl methyl sites for hydroxylation is 1. The highest BCUT2D eigenvalue weighted by Crippen LogP contribution is 2.22. The Morgan fingerprint density at radius 2 is 2.55 bits per heavy atom. The minimum atomic E-state index is 0.326. The number of imidazole rings is 1. The summed E-state index contributed by atoms with van der Waals surface area (Å²) < 4.78 is 1.95. The summed E-state index contributed by atoms with van der Waals surface area (Å²) in [4.78, 5) is 4.13. The molecule has 2 atom stereocenters. The summed E-state index contributed by atoms with van der Waals surface area (Å²) in [5, 5.41) is 3.24. The number of hydrogen-bond acceptors (Lipinski definition) is 3. The van der Waals surface area contributed by atoms with E-state index >= 15 is 0 Å². The van der Waals surface area contributed by atoms with E-state index in [-0.39, 0.29) is 0 Å². The Kier molecular flexibility index (Phi) is 1.35. The first-order chi connectivity index (χ1) is 5.27. The van der Waals surface area contributed by atoms with Gasteiger partial charge in [-0.25, -0.2) is 4.98 Å². The van der Waals surface area contributed by atoms with E-state index in [0.717, 1.165) is 12.4 Å². The van der Waals surface area contributed by atoms with Crippen LogP contribution in [0.4, 0.5) is 5.95 Å². The normalized spacial score (nSPS) is 28.5. The van der Waals surface area contributed by atoms with Gasteiger partial charge in [-0.3, -0.25) is 0 Å². The van der Waals surface area contributed by atoms with E-state index < -0.39 is 0 Å². The van der Waals surface area contributed by atoms with Crippen molar-refractivity contribution < 1.29 is 0 Å². The van der Waals surface area contributed by atoms with Crippen molar-refractivity contribution in [1.29, 1.82) is 0 Å². The van der Waals surface area contributed by atoms with Gasteiger partial charge in [-0.1, -0.05) is 0 Å². The van der Waals surface area contributed by atoms with Gasteiger partial charge in [0.15, 0.2) is 0 Å². The minimum Gasteiger partial charge on any atom is -0.351 e. The van der Waals surface area contributed by atoms with Crippen molar-refractivity contribution in [1.82, 2.24) is 9.55 Å². The summed E-state index contributed by atoms with van der Waals surface area (Å²) in [6, 6.07) is 0.766. The lowest BCUT2D eigenvalue weighted by Crippen LogP contribution is -2.15. The number of rotatable bonds is 2. The third-order valence-electron chi connectivity index (χ3n) is 1.98. The number of aromatic nitrogens is 2.